The van der Waals surface area contributed by atoms with Gasteiger partial charge in [-0.2, -0.15) is 0 Å². The van der Waals surface area contributed by atoms with Crippen LogP contribution in [0.5, 0.6) is 11.5 Å². The molecule has 0 aromatic heterocycles. The molecule has 0 radical (unpaired) electrons. The van der Waals surface area contributed by atoms with Gasteiger partial charge in [0.1, 0.15) is 19.3 Å². The van der Waals surface area contributed by atoms with Crippen molar-refractivity contribution in [3.8, 4) is 11.5 Å². The van der Waals surface area contributed by atoms with Crippen LogP contribution in [0.25, 0.3) is 0 Å². The Bertz CT molecular complexity index is 1890. The van der Waals surface area contributed by atoms with Gasteiger partial charge in [0, 0.05) is 12.8 Å². The van der Waals surface area contributed by atoms with E-state index in [-0.39, 0.29) is 18.7 Å². The minimum Gasteiger partial charge on any atom is -0.485 e. The third-order valence-electron chi connectivity index (χ3n) is 8.97. The molecular formula is C45H41NO5. The number of esters is 1. The molecule has 51 heavy (non-hydrogen) atoms. The highest BCUT2D eigenvalue weighted by molar-refractivity contribution is 5.86. The zero-order valence-electron chi connectivity index (χ0n) is 28.6. The summed E-state index contributed by atoms with van der Waals surface area (Å²) in [5, 5.41) is 3.03. The summed E-state index contributed by atoms with van der Waals surface area (Å²) in [7, 11) is 1.33. The Balaban J connectivity index is 1.28. The molecule has 6 nitrogen and oxygen atoms in total. The lowest BCUT2D eigenvalue weighted by molar-refractivity contribution is -0.145. The Kier molecular flexibility index (Phi) is 11.6. The maximum absolute atomic E-state index is 14.2. The summed E-state index contributed by atoms with van der Waals surface area (Å²) in [5.41, 5.74) is 4.92. The first-order valence-electron chi connectivity index (χ1n) is 17.1. The van der Waals surface area contributed by atoms with Gasteiger partial charge in [0.2, 0.25) is 5.91 Å². The molecule has 6 heteroatoms. The molecule has 0 saturated heterocycles. The third kappa shape index (κ3) is 8.72. The van der Waals surface area contributed by atoms with E-state index in [0.717, 1.165) is 33.4 Å². The van der Waals surface area contributed by atoms with Crippen LogP contribution < -0.4 is 14.8 Å². The summed E-state index contributed by atoms with van der Waals surface area (Å²) in [6.07, 6.45) is 0.254. The average molecular weight is 676 g/mol. The summed E-state index contributed by atoms with van der Waals surface area (Å²) < 4.78 is 17.7. The SMILES string of the molecule is COC(=O)[C@H](Cc1ccc(OCc2ccccc2)c(OCc2ccccc2)c1)NC(=O)CC(c1ccccc1)(c1ccccc1)c1ccccc1. The van der Waals surface area contributed by atoms with Crippen molar-refractivity contribution in [1.82, 2.24) is 5.32 Å². The van der Waals surface area contributed by atoms with E-state index in [1.807, 2.05) is 170 Å². The average Bonchev–Trinajstić information content (AvgIpc) is 3.20. The smallest absolute Gasteiger partial charge is 0.328 e. The van der Waals surface area contributed by atoms with Crippen molar-refractivity contribution in [2.24, 2.45) is 0 Å². The number of rotatable bonds is 15. The minimum absolute atomic E-state index is 0.0657. The highest BCUT2D eigenvalue weighted by Crippen LogP contribution is 2.42. The first-order chi connectivity index (χ1) is 25.0. The summed E-state index contributed by atoms with van der Waals surface area (Å²) >= 11 is 0. The van der Waals surface area contributed by atoms with Crippen LogP contribution in [0.15, 0.2) is 170 Å². The van der Waals surface area contributed by atoms with Crippen LogP contribution in [0, 0.1) is 0 Å². The maximum Gasteiger partial charge on any atom is 0.328 e. The molecule has 256 valence electrons. The maximum atomic E-state index is 14.2. The van der Waals surface area contributed by atoms with Crippen molar-refractivity contribution < 1.29 is 23.8 Å². The second-order valence-electron chi connectivity index (χ2n) is 12.4. The molecular weight excluding hydrogens is 634 g/mol. The van der Waals surface area contributed by atoms with E-state index in [2.05, 4.69) is 5.32 Å². The number of benzene rings is 6. The Hall–Kier alpha value is -6.14. The van der Waals surface area contributed by atoms with E-state index in [1.54, 1.807) is 0 Å². The number of amides is 1. The van der Waals surface area contributed by atoms with Gasteiger partial charge in [-0.05, 0) is 45.5 Å². The lowest BCUT2D eigenvalue weighted by atomic mass is 9.67. The predicted molar refractivity (Wildman–Crippen MR) is 199 cm³/mol. The second kappa shape index (κ2) is 17.0. The van der Waals surface area contributed by atoms with Crippen LogP contribution in [0.3, 0.4) is 0 Å². The molecule has 0 unspecified atom stereocenters. The molecule has 6 aromatic rings. The first kappa shape index (κ1) is 34.7. The van der Waals surface area contributed by atoms with Gasteiger partial charge in [-0.15, -0.1) is 0 Å². The van der Waals surface area contributed by atoms with Crippen molar-refractivity contribution in [3.63, 3.8) is 0 Å². The minimum atomic E-state index is -0.944. The molecule has 1 amide bonds. The molecule has 0 aliphatic carbocycles. The number of carbonyl (C=O) groups excluding carboxylic acids is 2. The predicted octanol–water partition coefficient (Wildman–Crippen LogP) is 8.47. The molecule has 0 spiro atoms. The normalized spacial score (nSPS) is 11.6. The molecule has 0 heterocycles. The molecule has 1 N–H and O–H groups in total. The topological polar surface area (TPSA) is 73.9 Å². The van der Waals surface area contributed by atoms with Gasteiger partial charge in [-0.3, -0.25) is 4.79 Å². The highest BCUT2D eigenvalue weighted by atomic mass is 16.5. The van der Waals surface area contributed by atoms with Crippen LogP contribution in [0.4, 0.5) is 0 Å². The number of carbonyl (C=O) groups is 2. The zero-order valence-corrected chi connectivity index (χ0v) is 28.6. The Labute approximate surface area is 299 Å². The number of hydrogen-bond donors (Lipinski definition) is 1. The third-order valence-corrected chi connectivity index (χ3v) is 8.97. The molecule has 0 saturated carbocycles. The first-order valence-corrected chi connectivity index (χ1v) is 17.1. The van der Waals surface area contributed by atoms with E-state index in [0.29, 0.717) is 24.7 Å². The van der Waals surface area contributed by atoms with Crippen LogP contribution in [0.2, 0.25) is 0 Å². The molecule has 0 aliphatic heterocycles. The number of nitrogens with one attached hydrogen (secondary N) is 1. The molecule has 6 aromatic carbocycles. The highest BCUT2D eigenvalue weighted by Gasteiger charge is 2.39. The zero-order chi connectivity index (χ0) is 35.3. The molecule has 6 rings (SSSR count). The Morgan fingerprint density at radius 2 is 0.980 bits per heavy atom. The van der Waals surface area contributed by atoms with E-state index < -0.39 is 17.4 Å². The lowest BCUT2D eigenvalue weighted by Crippen LogP contribution is -2.46. The standard InChI is InChI=1S/C45H41NO5/c1-49-44(48)40(29-36-27-28-41(50-32-34-17-7-2-8-18-34)42(30-36)51-33-35-19-9-3-10-20-35)46-43(47)31-45(37-21-11-4-12-22-37,38-23-13-5-14-24-38)39-25-15-6-16-26-39/h2-28,30,40H,29,31-33H2,1H3,(H,46,47)/t40-/m0/s1. The Morgan fingerprint density at radius 3 is 1.43 bits per heavy atom. The van der Waals surface area contributed by atoms with E-state index in [1.165, 1.54) is 7.11 Å². The molecule has 0 fully saturated rings. The lowest BCUT2D eigenvalue weighted by Gasteiger charge is -2.36. The second-order valence-corrected chi connectivity index (χ2v) is 12.4. The molecule has 1 atom stereocenters. The van der Waals surface area contributed by atoms with Crippen LogP contribution >= 0.6 is 0 Å². The van der Waals surface area contributed by atoms with Crippen LogP contribution in [-0.4, -0.2) is 25.0 Å². The fraction of sp³-hybridized carbons (Fsp3) is 0.156. The van der Waals surface area contributed by atoms with E-state index in [9.17, 15) is 9.59 Å². The van der Waals surface area contributed by atoms with E-state index >= 15 is 0 Å². The number of hydrogen-bond acceptors (Lipinski definition) is 5. The van der Waals surface area contributed by atoms with Crippen molar-refractivity contribution in [2.75, 3.05) is 7.11 Å². The monoisotopic (exact) mass is 675 g/mol. The van der Waals surface area contributed by atoms with Crippen LogP contribution in [0.1, 0.15) is 39.8 Å². The van der Waals surface area contributed by atoms with Gasteiger partial charge >= 0.3 is 5.97 Å². The van der Waals surface area contributed by atoms with Crippen molar-refractivity contribution in [3.05, 3.63) is 203 Å². The van der Waals surface area contributed by atoms with Gasteiger partial charge in [0.25, 0.3) is 0 Å². The van der Waals surface area contributed by atoms with Gasteiger partial charge < -0.3 is 19.5 Å². The molecule has 0 bridgehead atoms. The largest absolute Gasteiger partial charge is 0.485 e. The quantitative estimate of drug-likeness (QED) is 0.0874. The van der Waals surface area contributed by atoms with Crippen molar-refractivity contribution >= 4 is 11.9 Å². The van der Waals surface area contributed by atoms with Gasteiger partial charge in [-0.25, -0.2) is 4.79 Å². The Morgan fingerprint density at radius 1 is 0.549 bits per heavy atom. The summed E-state index contributed by atoms with van der Waals surface area (Å²) in [4.78, 5) is 27.5. The van der Waals surface area contributed by atoms with Crippen molar-refractivity contribution in [2.45, 2.75) is 37.5 Å². The fourth-order valence-electron chi connectivity index (χ4n) is 6.41. The summed E-state index contributed by atoms with van der Waals surface area (Å²) in [6, 6.07) is 54.5. The fourth-order valence-corrected chi connectivity index (χ4v) is 6.41. The van der Waals surface area contributed by atoms with Gasteiger partial charge in [-0.1, -0.05) is 158 Å². The summed E-state index contributed by atoms with van der Waals surface area (Å²) in [6.45, 7) is 0.707. The number of methoxy groups -OCH3 is 1. The molecule has 0 aliphatic rings. The van der Waals surface area contributed by atoms with Crippen LogP contribution in [-0.2, 0) is 39.4 Å². The summed E-state index contributed by atoms with van der Waals surface area (Å²) in [5.74, 6) is 0.295. The van der Waals surface area contributed by atoms with Gasteiger partial charge in [0.15, 0.2) is 11.5 Å². The van der Waals surface area contributed by atoms with Gasteiger partial charge in [0.05, 0.1) is 12.5 Å². The number of ether oxygens (including phenoxy) is 3. The van der Waals surface area contributed by atoms with E-state index in [4.69, 9.17) is 14.2 Å². The van der Waals surface area contributed by atoms with Crippen molar-refractivity contribution in [1.29, 1.82) is 0 Å².